The van der Waals surface area contributed by atoms with Crippen LogP contribution in [0.5, 0.6) is 0 Å². The van der Waals surface area contributed by atoms with E-state index in [2.05, 4.69) is 22.2 Å². The number of amides is 1. The fourth-order valence-electron chi connectivity index (χ4n) is 2.87. The van der Waals surface area contributed by atoms with E-state index in [1.807, 2.05) is 0 Å². The Kier molecular flexibility index (Phi) is 4.55. The molecule has 2 rings (SSSR count). The number of hydrogen-bond donors (Lipinski definition) is 2. The number of carbonyl (C=O) groups is 2. The minimum Gasteiger partial charge on any atom is -0.481 e. The third-order valence-electron chi connectivity index (χ3n) is 4.26. The molecule has 0 saturated heterocycles. The van der Waals surface area contributed by atoms with Crippen molar-refractivity contribution in [2.24, 2.45) is 5.92 Å². The number of aryl methyl sites for hydroxylation is 1. The zero-order chi connectivity index (χ0) is 15.5. The summed E-state index contributed by atoms with van der Waals surface area (Å²) in [6.45, 7) is 3.89. The Hall–Kier alpha value is -1.98. The van der Waals surface area contributed by atoms with Gasteiger partial charge in [0.25, 0.3) is 5.91 Å². The molecule has 1 aliphatic carbocycles. The minimum atomic E-state index is -0.883. The van der Waals surface area contributed by atoms with Crippen molar-refractivity contribution in [1.82, 2.24) is 15.3 Å². The summed E-state index contributed by atoms with van der Waals surface area (Å²) in [6, 6.07) is 0. The van der Waals surface area contributed by atoms with Crippen molar-refractivity contribution in [2.45, 2.75) is 51.5 Å². The van der Waals surface area contributed by atoms with Crippen LogP contribution >= 0.6 is 0 Å². The fourth-order valence-corrected chi connectivity index (χ4v) is 2.87. The van der Waals surface area contributed by atoms with Crippen molar-refractivity contribution in [3.05, 3.63) is 23.8 Å². The van der Waals surface area contributed by atoms with E-state index < -0.39 is 11.5 Å². The molecule has 0 bridgehead atoms. The van der Waals surface area contributed by atoms with Crippen molar-refractivity contribution in [1.29, 1.82) is 0 Å². The molecule has 0 spiro atoms. The van der Waals surface area contributed by atoms with Crippen LogP contribution in [0.25, 0.3) is 0 Å². The fraction of sp³-hybridized carbons (Fsp3) is 0.600. The molecule has 114 valence electrons. The highest BCUT2D eigenvalue weighted by Crippen LogP contribution is 2.34. The predicted molar refractivity (Wildman–Crippen MR) is 76.9 cm³/mol. The number of nitrogens with zero attached hydrogens (tertiary/aromatic N) is 2. The molecule has 1 saturated carbocycles. The topological polar surface area (TPSA) is 92.2 Å². The second-order valence-electron chi connectivity index (χ2n) is 6.01. The van der Waals surface area contributed by atoms with Crippen LogP contribution in [0, 0.1) is 12.8 Å². The summed E-state index contributed by atoms with van der Waals surface area (Å²) in [4.78, 5) is 31.4. The number of carboxylic acid groups (broad SMARTS) is 1. The van der Waals surface area contributed by atoms with Gasteiger partial charge in [-0.1, -0.05) is 6.92 Å². The second-order valence-corrected chi connectivity index (χ2v) is 6.01. The van der Waals surface area contributed by atoms with E-state index in [-0.39, 0.29) is 12.3 Å². The monoisotopic (exact) mass is 291 g/mol. The maximum atomic E-state index is 12.4. The smallest absolute Gasteiger partial charge is 0.305 e. The van der Waals surface area contributed by atoms with Gasteiger partial charge in [0.2, 0.25) is 0 Å². The normalized spacial score (nSPS) is 25.3. The Balaban J connectivity index is 2.17. The highest BCUT2D eigenvalue weighted by atomic mass is 16.4. The van der Waals surface area contributed by atoms with Gasteiger partial charge in [0.1, 0.15) is 6.33 Å². The van der Waals surface area contributed by atoms with Crippen LogP contribution < -0.4 is 5.32 Å². The molecule has 21 heavy (non-hydrogen) atoms. The lowest BCUT2D eigenvalue weighted by molar-refractivity contribution is -0.139. The lowest BCUT2D eigenvalue weighted by Gasteiger charge is -2.39. The van der Waals surface area contributed by atoms with Gasteiger partial charge in [-0.2, -0.15) is 0 Å². The quantitative estimate of drug-likeness (QED) is 0.884. The van der Waals surface area contributed by atoms with Crippen molar-refractivity contribution < 1.29 is 14.7 Å². The molecule has 1 aliphatic rings. The van der Waals surface area contributed by atoms with Crippen LogP contribution in [0.15, 0.2) is 12.5 Å². The van der Waals surface area contributed by atoms with Gasteiger partial charge in [0.05, 0.1) is 23.2 Å². The van der Waals surface area contributed by atoms with Gasteiger partial charge in [-0.25, -0.2) is 9.97 Å². The zero-order valence-electron chi connectivity index (χ0n) is 12.4. The average molecular weight is 291 g/mol. The van der Waals surface area contributed by atoms with Gasteiger partial charge in [-0.05, 0) is 38.5 Å². The van der Waals surface area contributed by atoms with E-state index in [4.69, 9.17) is 5.11 Å². The first kappa shape index (κ1) is 15.4. The predicted octanol–water partition coefficient (Wildman–Crippen LogP) is 1.94. The molecule has 6 nitrogen and oxygen atoms in total. The molecule has 0 unspecified atom stereocenters. The average Bonchev–Trinajstić information content (AvgIpc) is 2.42. The first-order chi connectivity index (χ1) is 9.92. The van der Waals surface area contributed by atoms with Crippen LogP contribution in [0.2, 0.25) is 0 Å². The molecule has 0 aliphatic heterocycles. The number of hydrogen-bond acceptors (Lipinski definition) is 4. The summed E-state index contributed by atoms with van der Waals surface area (Å²) >= 11 is 0. The number of carbonyl (C=O) groups excluding carboxylic acids is 1. The molecule has 0 radical (unpaired) electrons. The summed E-state index contributed by atoms with van der Waals surface area (Å²) < 4.78 is 0. The summed E-state index contributed by atoms with van der Waals surface area (Å²) in [5.41, 5.74) is 0.343. The Bertz CT molecular complexity index is 537. The van der Waals surface area contributed by atoms with Crippen LogP contribution in [0.4, 0.5) is 0 Å². The Morgan fingerprint density at radius 3 is 2.67 bits per heavy atom. The van der Waals surface area contributed by atoms with Gasteiger partial charge in [-0.3, -0.25) is 9.59 Å². The lowest BCUT2D eigenvalue weighted by Crippen LogP contribution is -2.52. The maximum Gasteiger partial charge on any atom is 0.305 e. The van der Waals surface area contributed by atoms with Gasteiger partial charge in [0, 0.05) is 6.20 Å². The summed E-state index contributed by atoms with van der Waals surface area (Å²) in [6.07, 6.45) is 6.06. The molecule has 2 N–H and O–H groups in total. The van der Waals surface area contributed by atoms with E-state index in [0.29, 0.717) is 30.0 Å². The van der Waals surface area contributed by atoms with Crippen molar-refractivity contribution >= 4 is 11.9 Å². The molecule has 1 heterocycles. The van der Waals surface area contributed by atoms with E-state index in [1.165, 1.54) is 12.5 Å². The molecular formula is C15H21N3O3. The van der Waals surface area contributed by atoms with Crippen molar-refractivity contribution in [2.75, 3.05) is 0 Å². The standard InChI is InChI=1S/C15H21N3O3/c1-10-3-5-15(6-4-10,7-13(19)20)18-14(21)12-8-16-9-17-11(12)2/h8-10H,3-7H2,1-2H3,(H,18,21)(H,19,20). The number of nitrogens with one attached hydrogen (secondary N) is 1. The molecule has 0 atom stereocenters. The molecule has 6 heteroatoms. The Morgan fingerprint density at radius 2 is 2.10 bits per heavy atom. The van der Waals surface area contributed by atoms with Crippen molar-refractivity contribution in [3.8, 4) is 0 Å². The molecule has 0 aromatic carbocycles. The minimum absolute atomic E-state index is 0.0435. The molecular weight excluding hydrogens is 270 g/mol. The van der Waals surface area contributed by atoms with Crippen LogP contribution in [-0.4, -0.2) is 32.5 Å². The zero-order valence-corrected chi connectivity index (χ0v) is 12.4. The third kappa shape index (κ3) is 3.77. The third-order valence-corrected chi connectivity index (χ3v) is 4.26. The second kappa shape index (κ2) is 6.20. The van der Waals surface area contributed by atoms with Gasteiger partial charge in [0.15, 0.2) is 0 Å². The highest BCUT2D eigenvalue weighted by Gasteiger charge is 2.38. The highest BCUT2D eigenvalue weighted by molar-refractivity contribution is 5.95. The Morgan fingerprint density at radius 1 is 1.43 bits per heavy atom. The number of aromatic nitrogens is 2. The Labute approximate surface area is 124 Å². The first-order valence-corrected chi connectivity index (χ1v) is 7.23. The van der Waals surface area contributed by atoms with Gasteiger partial charge < -0.3 is 10.4 Å². The van der Waals surface area contributed by atoms with E-state index in [0.717, 1.165) is 12.8 Å². The maximum absolute atomic E-state index is 12.4. The van der Waals surface area contributed by atoms with Crippen molar-refractivity contribution in [3.63, 3.8) is 0 Å². The van der Waals surface area contributed by atoms with Crippen LogP contribution in [0.3, 0.4) is 0 Å². The number of carboxylic acids is 1. The molecule has 1 aromatic rings. The summed E-state index contributed by atoms with van der Waals surface area (Å²) in [5.74, 6) is -0.597. The van der Waals surface area contributed by atoms with Gasteiger partial charge >= 0.3 is 5.97 Å². The summed E-state index contributed by atoms with van der Waals surface area (Å²) in [5, 5.41) is 12.1. The SMILES string of the molecule is Cc1ncncc1C(=O)NC1(CC(=O)O)CCC(C)CC1. The van der Waals surface area contributed by atoms with E-state index in [1.54, 1.807) is 6.92 Å². The first-order valence-electron chi connectivity index (χ1n) is 7.23. The molecule has 1 fully saturated rings. The van der Waals surface area contributed by atoms with Gasteiger partial charge in [-0.15, -0.1) is 0 Å². The summed E-state index contributed by atoms with van der Waals surface area (Å²) in [7, 11) is 0. The van der Waals surface area contributed by atoms with E-state index in [9.17, 15) is 9.59 Å². The molecule has 1 amide bonds. The van der Waals surface area contributed by atoms with Crippen LogP contribution in [-0.2, 0) is 4.79 Å². The number of aliphatic carboxylic acids is 1. The van der Waals surface area contributed by atoms with E-state index >= 15 is 0 Å². The molecule has 1 aromatic heterocycles. The lowest BCUT2D eigenvalue weighted by atomic mass is 9.75. The largest absolute Gasteiger partial charge is 0.481 e. The van der Waals surface area contributed by atoms with Crippen LogP contribution in [0.1, 0.15) is 55.1 Å². The number of rotatable bonds is 4.